The van der Waals surface area contributed by atoms with E-state index in [2.05, 4.69) is 5.32 Å². The predicted octanol–water partition coefficient (Wildman–Crippen LogP) is 0.870. The van der Waals surface area contributed by atoms with Crippen molar-refractivity contribution >= 4 is 0 Å². The Balaban J connectivity index is 2.33. The molecule has 1 aliphatic carbocycles. The van der Waals surface area contributed by atoms with Gasteiger partial charge in [0.15, 0.2) is 0 Å². The molecular formula is C8H12N2. The molecule has 1 aliphatic heterocycles. The molecule has 0 aromatic rings. The van der Waals surface area contributed by atoms with Gasteiger partial charge >= 0.3 is 0 Å². The van der Waals surface area contributed by atoms with E-state index in [9.17, 15) is 0 Å². The molecule has 0 spiro atoms. The third-order valence-electron chi connectivity index (χ3n) is 2.25. The fraction of sp³-hybridized carbons (Fsp3) is 0.500. The second-order valence-corrected chi connectivity index (χ2v) is 2.92. The van der Waals surface area contributed by atoms with E-state index < -0.39 is 0 Å². The van der Waals surface area contributed by atoms with Crippen molar-refractivity contribution in [3.8, 4) is 0 Å². The van der Waals surface area contributed by atoms with Crippen molar-refractivity contribution in [1.82, 2.24) is 5.32 Å². The molecule has 0 amide bonds. The van der Waals surface area contributed by atoms with Gasteiger partial charge in [0.25, 0.3) is 0 Å². The average molecular weight is 136 g/mol. The monoisotopic (exact) mass is 136 g/mol. The van der Waals surface area contributed by atoms with Crippen LogP contribution in [0.4, 0.5) is 0 Å². The van der Waals surface area contributed by atoms with E-state index in [0.29, 0.717) is 0 Å². The number of hydrogen-bond acceptors (Lipinski definition) is 2. The summed E-state index contributed by atoms with van der Waals surface area (Å²) in [7, 11) is 0. The van der Waals surface area contributed by atoms with Gasteiger partial charge in [0.2, 0.25) is 0 Å². The first kappa shape index (κ1) is 5.83. The zero-order valence-corrected chi connectivity index (χ0v) is 5.98. The summed E-state index contributed by atoms with van der Waals surface area (Å²) in [4.78, 5) is 0. The highest BCUT2D eigenvalue weighted by atomic mass is 14.9. The van der Waals surface area contributed by atoms with E-state index in [4.69, 9.17) is 5.73 Å². The molecule has 2 rings (SSSR count). The molecule has 1 heterocycles. The Bertz CT molecular complexity index is 213. The van der Waals surface area contributed by atoms with Crippen molar-refractivity contribution in [3.63, 3.8) is 0 Å². The Morgan fingerprint density at radius 2 is 2.30 bits per heavy atom. The van der Waals surface area contributed by atoms with E-state index in [0.717, 1.165) is 12.2 Å². The Kier molecular flexibility index (Phi) is 1.19. The Hall–Kier alpha value is -0.920. The third-order valence-corrected chi connectivity index (χ3v) is 2.25. The van der Waals surface area contributed by atoms with Crippen LogP contribution in [0.3, 0.4) is 0 Å². The van der Waals surface area contributed by atoms with Gasteiger partial charge in [-0.05, 0) is 30.4 Å². The van der Waals surface area contributed by atoms with Crippen molar-refractivity contribution in [2.45, 2.75) is 19.3 Å². The summed E-state index contributed by atoms with van der Waals surface area (Å²) < 4.78 is 0. The van der Waals surface area contributed by atoms with Crippen LogP contribution >= 0.6 is 0 Å². The molecule has 0 saturated carbocycles. The standard InChI is InChI=1S/C8H12N2/c9-8-5-10-4-6-2-1-3-7(6)8/h5,10H,1-4,9H2. The molecule has 0 aromatic heterocycles. The maximum absolute atomic E-state index is 5.76. The van der Waals surface area contributed by atoms with Crippen LogP contribution in [0, 0.1) is 0 Å². The van der Waals surface area contributed by atoms with Crippen LogP contribution in [-0.4, -0.2) is 6.54 Å². The van der Waals surface area contributed by atoms with Crippen molar-refractivity contribution in [1.29, 1.82) is 0 Å². The summed E-state index contributed by atoms with van der Waals surface area (Å²) in [5.74, 6) is 0. The maximum Gasteiger partial charge on any atom is 0.0506 e. The van der Waals surface area contributed by atoms with Gasteiger partial charge in [-0.1, -0.05) is 0 Å². The zero-order valence-electron chi connectivity index (χ0n) is 5.98. The lowest BCUT2D eigenvalue weighted by molar-refractivity contribution is 0.847. The predicted molar refractivity (Wildman–Crippen MR) is 41.2 cm³/mol. The number of nitrogens with one attached hydrogen (secondary N) is 1. The molecule has 2 heteroatoms. The molecule has 0 saturated heterocycles. The SMILES string of the molecule is NC1=CNCC2=C1CCC2. The number of nitrogens with two attached hydrogens (primary N) is 1. The molecule has 54 valence electrons. The number of dihydropyridines is 1. The van der Waals surface area contributed by atoms with Gasteiger partial charge < -0.3 is 11.1 Å². The summed E-state index contributed by atoms with van der Waals surface area (Å²) in [6.45, 7) is 1.02. The van der Waals surface area contributed by atoms with Crippen LogP contribution in [0.1, 0.15) is 19.3 Å². The van der Waals surface area contributed by atoms with Gasteiger partial charge in [0.1, 0.15) is 0 Å². The van der Waals surface area contributed by atoms with Gasteiger partial charge in [0, 0.05) is 12.7 Å². The van der Waals surface area contributed by atoms with E-state index in [1.54, 1.807) is 0 Å². The van der Waals surface area contributed by atoms with E-state index >= 15 is 0 Å². The number of allylic oxidation sites excluding steroid dienone is 1. The highest BCUT2D eigenvalue weighted by Gasteiger charge is 2.18. The van der Waals surface area contributed by atoms with Crippen LogP contribution in [0.5, 0.6) is 0 Å². The first-order chi connectivity index (χ1) is 4.88. The summed E-state index contributed by atoms with van der Waals surface area (Å²) in [5, 5.41) is 3.16. The lowest BCUT2D eigenvalue weighted by atomic mass is 10.1. The molecular weight excluding hydrogens is 124 g/mol. The Labute approximate surface area is 60.8 Å². The molecule has 0 radical (unpaired) electrons. The lowest BCUT2D eigenvalue weighted by Crippen LogP contribution is -2.19. The average Bonchev–Trinajstić information content (AvgIpc) is 2.36. The molecule has 10 heavy (non-hydrogen) atoms. The molecule has 3 N–H and O–H groups in total. The maximum atomic E-state index is 5.76. The van der Waals surface area contributed by atoms with Gasteiger partial charge in [-0.3, -0.25) is 0 Å². The molecule has 0 atom stereocenters. The van der Waals surface area contributed by atoms with Crippen molar-refractivity contribution in [3.05, 3.63) is 23.0 Å². The van der Waals surface area contributed by atoms with Crippen LogP contribution in [0.25, 0.3) is 0 Å². The minimum atomic E-state index is 0.957. The van der Waals surface area contributed by atoms with Crippen LogP contribution in [0.15, 0.2) is 23.0 Å². The van der Waals surface area contributed by atoms with Crippen LogP contribution in [-0.2, 0) is 0 Å². The first-order valence-electron chi connectivity index (χ1n) is 3.78. The van der Waals surface area contributed by atoms with Gasteiger partial charge in [-0.25, -0.2) is 0 Å². The second kappa shape index (κ2) is 2.04. The van der Waals surface area contributed by atoms with E-state index in [1.807, 2.05) is 6.20 Å². The van der Waals surface area contributed by atoms with Crippen molar-refractivity contribution in [2.24, 2.45) is 5.73 Å². The Morgan fingerprint density at radius 1 is 1.40 bits per heavy atom. The third kappa shape index (κ3) is 0.719. The highest BCUT2D eigenvalue weighted by Crippen LogP contribution is 2.30. The van der Waals surface area contributed by atoms with Gasteiger partial charge in [0.05, 0.1) is 5.70 Å². The molecule has 0 aromatic carbocycles. The quantitative estimate of drug-likeness (QED) is 0.518. The summed E-state index contributed by atoms with van der Waals surface area (Å²) in [6.07, 6.45) is 5.65. The van der Waals surface area contributed by atoms with Crippen LogP contribution in [0.2, 0.25) is 0 Å². The largest absolute Gasteiger partial charge is 0.397 e. The minimum absolute atomic E-state index is 0.957. The van der Waals surface area contributed by atoms with Gasteiger partial charge in [-0.2, -0.15) is 0 Å². The fourth-order valence-electron chi connectivity index (χ4n) is 1.72. The van der Waals surface area contributed by atoms with Crippen LogP contribution < -0.4 is 11.1 Å². The topological polar surface area (TPSA) is 38.0 Å². The first-order valence-corrected chi connectivity index (χ1v) is 3.78. The van der Waals surface area contributed by atoms with Crippen molar-refractivity contribution in [2.75, 3.05) is 6.54 Å². The summed E-state index contributed by atoms with van der Waals surface area (Å²) in [5.41, 5.74) is 9.66. The van der Waals surface area contributed by atoms with E-state index in [-0.39, 0.29) is 0 Å². The molecule has 2 nitrogen and oxygen atoms in total. The molecule has 0 bridgehead atoms. The molecule has 0 fully saturated rings. The van der Waals surface area contributed by atoms with Crippen molar-refractivity contribution < 1.29 is 0 Å². The van der Waals surface area contributed by atoms with Gasteiger partial charge in [-0.15, -0.1) is 0 Å². The number of rotatable bonds is 0. The second-order valence-electron chi connectivity index (χ2n) is 2.92. The number of hydrogen-bond donors (Lipinski definition) is 2. The minimum Gasteiger partial charge on any atom is -0.397 e. The van der Waals surface area contributed by atoms with E-state index in [1.165, 1.54) is 30.4 Å². The summed E-state index contributed by atoms with van der Waals surface area (Å²) in [6, 6.07) is 0. The molecule has 0 unspecified atom stereocenters. The normalized spacial score (nSPS) is 23.8. The highest BCUT2D eigenvalue weighted by molar-refractivity contribution is 5.39. The fourth-order valence-corrected chi connectivity index (χ4v) is 1.72. The Morgan fingerprint density at radius 3 is 3.10 bits per heavy atom. The lowest BCUT2D eigenvalue weighted by Gasteiger charge is -2.13. The zero-order chi connectivity index (χ0) is 6.97. The molecule has 2 aliphatic rings. The summed E-state index contributed by atoms with van der Waals surface area (Å²) >= 11 is 0. The smallest absolute Gasteiger partial charge is 0.0506 e.